The molecule has 0 atom stereocenters. The van der Waals surface area contributed by atoms with Gasteiger partial charge in [0.2, 0.25) is 0 Å². The highest BCUT2D eigenvalue weighted by atomic mass is 32.2. The van der Waals surface area contributed by atoms with Crippen molar-refractivity contribution in [2.24, 2.45) is 0 Å². The zero-order valence-corrected chi connectivity index (χ0v) is 12.8. The Morgan fingerprint density at radius 1 is 1.47 bits per heavy atom. The van der Waals surface area contributed by atoms with E-state index in [2.05, 4.69) is 37.3 Å². The van der Waals surface area contributed by atoms with Crippen molar-refractivity contribution in [3.05, 3.63) is 16.1 Å². The fraction of sp³-hybridized carbons (Fsp3) is 0.769. The molecular formula is C13H22N2S2. The molecule has 1 aliphatic rings. The van der Waals surface area contributed by atoms with E-state index in [1.807, 2.05) is 29.3 Å². The predicted molar refractivity (Wildman–Crippen MR) is 78.0 cm³/mol. The molecule has 4 heteroatoms. The topological polar surface area (TPSA) is 24.9 Å². The van der Waals surface area contributed by atoms with Crippen LogP contribution in [0.1, 0.15) is 43.5 Å². The first-order valence-electron chi connectivity index (χ1n) is 6.16. The van der Waals surface area contributed by atoms with Crippen molar-refractivity contribution < 1.29 is 0 Å². The number of thiazole rings is 1. The highest BCUT2D eigenvalue weighted by Crippen LogP contribution is 2.46. The van der Waals surface area contributed by atoms with E-state index in [-0.39, 0.29) is 5.41 Å². The average Bonchev–Trinajstić information content (AvgIpc) is 2.86. The standard InChI is InChI=1S/C13H22N2S2/c1-12(2,3)11-15-8-10(17-11)7-14-9-13(16-4)5-6-13/h8,14H,5-7,9H2,1-4H3. The van der Waals surface area contributed by atoms with E-state index in [1.54, 1.807) is 0 Å². The van der Waals surface area contributed by atoms with Gasteiger partial charge in [-0.3, -0.25) is 0 Å². The van der Waals surface area contributed by atoms with E-state index in [9.17, 15) is 0 Å². The summed E-state index contributed by atoms with van der Waals surface area (Å²) >= 11 is 3.85. The summed E-state index contributed by atoms with van der Waals surface area (Å²) < 4.78 is 0.553. The molecule has 1 aliphatic carbocycles. The smallest absolute Gasteiger partial charge is 0.0981 e. The third kappa shape index (κ3) is 3.46. The van der Waals surface area contributed by atoms with Gasteiger partial charge in [-0.25, -0.2) is 4.98 Å². The van der Waals surface area contributed by atoms with Gasteiger partial charge < -0.3 is 5.32 Å². The van der Waals surface area contributed by atoms with Crippen LogP contribution in [-0.4, -0.2) is 22.5 Å². The van der Waals surface area contributed by atoms with Gasteiger partial charge in [0.25, 0.3) is 0 Å². The molecule has 0 spiro atoms. The molecule has 1 heterocycles. The Morgan fingerprint density at radius 3 is 2.65 bits per heavy atom. The Kier molecular flexibility index (Phi) is 3.86. The molecule has 1 N–H and O–H groups in total. The quantitative estimate of drug-likeness (QED) is 0.887. The van der Waals surface area contributed by atoms with Crippen LogP contribution in [0.3, 0.4) is 0 Å². The third-order valence-electron chi connectivity index (χ3n) is 3.18. The number of hydrogen-bond donors (Lipinski definition) is 1. The molecule has 2 rings (SSSR count). The average molecular weight is 270 g/mol. The summed E-state index contributed by atoms with van der Waals surface area (Å²) in [5.74, 6) is 0. The molecule has 17 heavy (non-hydrogen) atoms. The maximum atomic E-state index is 4.51. The fourth-order valence-corrected chi connectivity index (χ4v) is 3.44. The minimum Gasteiger partial charge on any atom is -0.310 e. The molecule has 0 radical (unpaired) electrons. The monoisotopic (exact) mass is 270 g/mol. The molecule has 1 fully saturated rings. The van der Waals surface area contributed by atoms with Gasteiger partial charge in [-0.2, -0.15) is 11.8 Å². The largest absolute Gasteiger partial charge is 0.310 e. The number of rotatable bonds is 5. The van der Waals surface area contributed by atoms with E-state index < -0.39 is 0 Å². The van der Waals surface area contributed by atoms with Crippen LogP contribution in [0.2, 0.25) is 0 Å². The van der Waals surface area contributed by atoms with Crippen molar-refractivity contribution in [2.45, 2.75) is 50.3 Å². The first-order valence-corrected chi connectivity index (χ1v) is 8.20. The minimum absolute atomic E-state index is 0.180. The number of thioether (sulfide) groups is 1. The van der Waals surface area contributed by atoms with Gasteiger partial charge in [0, 0.05) is 34.3 Å². The van der Waals surface area contributed by atoms with Crippen LogP contribution >= 0.6 is 23.1 Å². The Bertz CT molecular complexity index is 375. The first kappa shape index (κ1) is 13.4. The zero-order chi connectivity index (χ0) is 12.5. The maximum absolute atomic E-state index is 4.51. The van der Waals surface area contributed by atoms with Crippen LogP contribution in [0, 0.1) is 0 Å². The minimum atomic E-state index is 0.180. The van der Waals surface area contributed by atoms with E-state index in [4.69, 9.17) is 0 Å². The molecule has 1 aromatic heterocycles. The van der Waals surface area contributed by atoms with Crippen molar-refractivity contribution in [1.82, 2.24) is 10.3 Å². The van der Waals surface area contributed by atoms with E-state index >= 15 is 0 Å². The van der Waals surface area contributed by atoms with Gasteiger partial charge in [-0.1, -0.05) is 20.8 Å². The Hall–Kier alpha value is -0.0600. The van der Waals surface area contributed by atoms with Crippen LogP contribution < -0.4 is 5.32 Å². The van der Waals surface area contributed by atoms with Crippen LogP contribution in [0.4, 0.5) is 0 Å². The van der Waals surface area contributed by atoms with Crippen molar-refractivity contribution in [3.8, 4) is 0 Å². The summed E-state index contributed by atoms with van der Waals surface area (Å²) in [5.41, 5.74) is 0.180. The fourth-order valence-electron chi connectivity index (χ4n) is 1.74. The summed E-state index contributed by atoms with van der Waals surface area (Å²) in [6.07, 6.45) is 6.99. The lowest BCUT2D eigenvalue weighted by Gasteiger charge is -2.14. The van der Waals surface area contributed by atoms with Crippen LogP contribution in [0.25, 0.3) is 0 Å². The zero-order valence-electron chi connectivity index (χ0n) is 11.2. The summed E-state index contributed by atoms with van der Waals surface area (Å²) in [6, 6.07) is 0. The Morgan fingerprint density at radius 2 is 2.18 bits per heavy atom. The number of nitrogens with zero attached hydrogens (tertiary/aromatic N) is 1. The number of hydrogen-bond acceptors (Lipinski definition) is 4. The SMILES string of the molecule is CSC1(CNCc2cnc(C(C)(C)C)s2)CC1. The van der Waals surface area contributed by atoms with E-state index in [0.717, 1.165) is 13.1 Å². The van der Waals surface area contributed by atoms with Crippen LogP contribution in [0.15, 0.2) is 6.20 Å². The Balaban J connectivity index is 1.81. The molecule has 0 aromatic carbocycles. The van der Waals surface area contributed by atoms with Crippen LogP contribution in [-0.2, 0) is 12.0 Å². The summed E-state index contributed by atoms with van der Waals surface area (Å²) in [6.45, 7) is 8.76. The van der Waals surface area contributed by atoms with Crippen molar-refractivity contribution >= 4 is 23.1 Å². The van der Waals surface area contributed by atoms with Gasteiger partial charge in [-0.15, -0.1) is 11.3 Å². The summed E-state index contributed by atoms with van der Waals surface area (Å²) in [7, 11) is 0. The van der Waals surface area contributed by atoms with Gasteiger partial charge in [0.15, 0.2) is 0 Å². The second kappa shape index (κ2) is 4.90. The van der Waals surface area contributed by atoms with Crippen molar-refractivity contribution in [2.75, 3.05) is 12.8 Å². The summed E-state index contributed by atoms with van der Waals surface area (Å²) in [5, 5.41) is 4.81. The normalized spacial score (nSPS) is 18.4. The second-order valence-corrected chi connectivity index (χ2v) is 8.26. The molecule has 0 saturated heterocycles. The van der Waals surface area contributed by atoms with Crippen LogP contribution in [0.5, 0.6) is 0 Å². The molecule has 1 saturated carbocycles. The molecule has 96 valence electrons. The predicted octanol–water partition coefficient (Wildman–Crippen LogP) is 3.43. The van der Waals surface area contributed by atoms with Gasteiger partial charge in [-0.05, 0) is 19.1 Å². The van der Waals surface area contributed by atoms with Gasteiger partial charge in [0.1, 0.15) is 0 Å². The van der Waals surface area contributed by atoms with Gasteiger partial charge >= 0.3 is 0 Å². The number of aromatic nitrogens is 1. The van der Waals surface area contributed by atoms with Gasteiger partial charge in [0.05, 0.1) is 5.01 Å². The highest BCUT2D eigenvalue weighted by molar-refractivity contribution is 8.00. The Labute approximate surface area is 113 Å². The third-order valence-corrected chi connectivity index (χ3v) is 6.02. The maximum Gasteiger partial charge on any atom is 0.0981 e. The molecule has 0 amide bonds. The lowest BCUT2D eigenvalue weighted by Crippen LogP contribution is -2.25. The second-order valence-electron chi connectivity index (χ2n) is 5.87. The molecular weight excluding hydrogens is 248 g/mol. The lowest BCUT2D eigenvalue weighted by atomic mass is 9.98. The van der Waals surface area contributed by atoms with Crippen molar-refractivity contribution in [1.29, 1.82) is 0 Å². The molecule has 0 bridgehead atoms. The number of nitrogens with one attached hydrogen (secondary N) is 1. The summed E-state index contributed by atoms with van der Waals surface area (Å²) in [4.78, 5) is 5.87. The molecule has 2 nitrogen and oxygen atoms in total. The molecule has 0 aliphatic heterocycles. The van der Waals surface area contributed by atoms with E-state index in [0.29, 0.717) is 4.75 Å². The highest BCUT2D eigenvalue weighted by Gasteiger charge is 2.41. The van der Waals surface area contributed by atoms with Crippen molar-refractivity contribution in [3.63, 3.8) is 0 Å². The first-order chi connectivity index (χ1) is 7.95. The van der Waals surface area contributed by atoms with E-state index in [1.165, 1.54) is 22.7 Å². The lowest BCUT2D eigenvalue weighted by molar-refractivity contribution is 0.585. The molecule has 0 unspecified atom stereocenters. The molecule has 1 aromatic rings.